The molecular weight excluding hydrogens is 262 g/mol. The molecule has 1 unspecified atom stereocenters. The van der Waals surface area contributed by atoms with Crippen molar-refractivity contribution in [1.82, 2.24) is 5.32 Å². The molecule has 0 radical (unpaired) electrons. The number of nitrogens with one attached hydrogen (secondary N) is 2. The maximum Gasteiger partial charge on any atom is 0.213 e. The van der Waals surface area contributed by atoms with Gasteiger partial charge in [-0.15, -0.1) is 0 Å². The summed E-state index contributed by atoms with van der Waals surface area (Å²) in [5.41, 5.74) is 1.75. The van der Waals surface area contributed by atoms with E-state index in [2.05, 4.69) is 10.6 Å². The third kappa shape index (κ3) is 5.18. The summed E-state index contributed by atoms with van der Waals surface area (Å²) >= 11 is 0. The Morgan fingerprint density at radius 1 is 1.21 bits per heavy atom. The Morgan fingerprint density at radius 2 is 1.95 bits per heavy atom. The largest absolute Gasteiger partial charge is 0.382 e. The third-order valence-corrected chi connectivity index (χ3v) is 4.00. The average Bonchev–Trinajstić information content (AvgIpc) is 2.58. The van der Waals surface area contributed by atoms with Crippen LogP contribution in [0.15, 0.2) is 24.3 Å². The lowest BCUT2D eigenvalue weighted by molar-refractivity contribution is 0.597. The van der Waals surface area contributed by atoms with Crippen molar-refractivity contribution in [3.8, 4) is 0 Å². The maximum absolute atomic E-state index is 11.0. The Bertz CT molecular complexity index is 491. The zero-order valence-corrected chi connectivity index (χ0v) is 11.7. The van der Waals surface area contributed by atoms with E-state index in [9.17, 15) is 8.42 Å². The van der Waals surface area contributed by atoms with Crippen molar-refractivity contribution in [2.45, 2.75) is 31.1 Å². The van der Waals surface area contributed by atoms with Gasteiger partial charge in [0.15, 0.2) is 0 Å². The van der Waals surface area contributed by atoms with Gasteiger partial charge >= 0.3 is 0 Å². The smallest absolute Gasteiger partial charge is 0.213 e. The van der Waals surface area contributed by atoms with E-state index in [4.69, 9.17) is 5.14 Å². The van der Waals surface area contributed by atoms with E-state index in [-0.39, 0.29) is 5.75 Å². The van der Waals surface area contributed by atoms with E-state index in [1.54, 1.807) is 0 Å². The van der Waals surface area contributed by atoms with Gasteiger partial charge < -0.3 is 10.6 Å². The second-order valence-electron chi connectivity index (χ2n) is 5.03. The van der Waals surface area contributed by atoms with Gasteiger partial charge in [-0.1, -0.05) is 12.1 Å². The van der Waals surface area contributed by atoms with E-state index >= 15 is 0 Å². The molecule has 0 aliphatic carbocycles. The van der Waals surface area contributed by atoms with Gasteiger partial charge in [-0.2, -0.15) is 0 Å². The predicted molar refractivity (Wildman–Crippen MR) is 77.4 cm³/mol. The van der Waals surface area contributed by atoms with Crippen LogP contribution in [-0.2, 0) is 15.8 Å². The van der Waals surface area contributed by atoms with E-state index in [0.29, 0.717) is 6.04 Å². The Kier molecular flexibility index (Phi) is 4.79. The van der Waals surface area contributed by atoms with Crippen molar-refractivity contribution in [1.29, 1.82) is 0 Å². The molecule has 5 nitrogen and oxygen atoms in total. The van der Waals surface area contributed by atoms with Crippen molar-refractivity contribution >= 4 is 15.7 Å². The molecule has 0 aromatic heterocycles. The molecule has 1 fully saturated rings. The van der Waals surface area contributed by atoms with Gasteiger partial charge in [-0.25, -0.2) is 13.6 Å². The molecular formula is C13H21N3O2S. The molecule has 0 bridgehead atoms. The minimum atomic E-state index is -3.45. The predicted octanol–water partition coefficient (Wildman–Crippen LogP) is 1.03. The second-order valence-corrected chi connectivity index (χ2v) is 6.64. The number of benzene rings is 1. The quantitative estimate of drug-likeness (QED) is 0.770. The van der Waals surface area contributed by atoms with Crippen LogP contribution >= 0.6 is 0 Å². The fourth-order valence-corrected chi connectivity index (χ4v) is 2.99. The van der Waals surface area contributed by atoms with E-state index in [0.717, 1.165) is 37.2 Å². The number of anilines is 1. The first-order valence-electron chi connectivity index (χ1n) is 6.59. The monoisotopic (exact) mass is 283 g/mol. The fraction of sp³-hybridized carbons (Fsp3) is 0.538. The molecule has 1 aliphatic rings. The highest BCUT2D eigenvalue weighted by molar-refractivity contribution is 7.88. The summed E-state index contributed by atoms with van der Waals surface area (Å²) < 4.78 is 22.0. The van der Waals surface area contributed by atoms with Crippen molar-refractivity contribution in [3.05, 3.63) is 29.8 Å². The number of primary sulfonamides is 1. The second kappa shape index (κ2) is 6.36. The number of nitrogens with two attached hydrogens (primary N) is 1. The molecule has 19 heavy (non-hydrogen) atoms. The van der Waals surface area contributed by atoms with Gasteiger partial charge in [0.2, 0.25) is 10.0 Å². The molecule has 6 heteroatoms. The normalized spacial score (nSPS) is 20.8. The number of rotatable bonds is 4. The number of hydrogen-bond donors (Lipinski definition) is 3. The molecule has 4 N–H and O–H groups in total. The highest BCUT2D eigenvalue weighted by atomic mass is 32.2. The molecule has 1 saturated heterocycles. The highest BCUT2D eigenvalue weighted by Gasteiger charge is 2.11. The lowest BCUT2D eigenvalue weighted by Crippen LogP contribution is -2.21. The van der Waals surface area contributed by atoms with Crippen molar-refractivity contribution in [3.63, 3.8) is 0 Å². The molecule has 2 rings (SSSR count). The molecule has 1 aromatic carbocycles. The molecule has 1 heterocycles. The van der Waals surface area contributed by atoms with Crippen LogP contribution in [-0.4, -0.2) is 27.5 Å². The summed E-state index contributed by atoms with van der Waals surface area (Å²) in [6.45, 7) is 2.13. The zero-order valence-electron chi connectivity index (χ0n) is 10.9. The SMILES string of the molecule is NS(=O)(=O)Cc1ccc(NC2CCCNCC2)cc1. The highest BCUT2D eigenvalue weighted by Crippen LogP contribution is 2.16. The van der Waals surface area contributed by atoms with Gasteiger partial charge in [0.25, 0.3) is 0 Å². The topological polar surface area (TPSA) is 84.2 Å². The first kappa shape index (κ1) is 14.3. The van der Waals surface area contributed by atoms with Crippen LogP contribution in [0.2, 0.25) is 0 Å². The third-order valence-electron chi connectivity index (χ3n) is 3.27. The van der Waals surface area contributed by atoms with Crippen LogP contribution in [0.25, 0.3) is 0 Å². The average molecular weight is 283 g/mol. The van der Waals surface area contributed by atoms with Gasteiger partial charge in [0, 0.05) is 11.7 Å². The van der Waals surface area contributed by atoms with Crippen LogP contribution in [0.5, 0.6) is 0 Å². The van der Waals surface area contributed by atoms with Gasteiger partial charge in [-0.3, -0.25) is 0 Å². The van der Waals surface area contributed by atoms with Crippen LogP contribution in [0.1, 0.15) is 24.8 Å². The summed E-state index contributed by atoms with van der Waals surface area (Å²) in [7, 11) is -3.45. The lowest BCUT2D eigenvalue weighted by Gasteiger charge is -2.17. The van der Waals surface area contributed by atoms with E-state index in [1.807, 2.05) is 24.3 Å². The first-order chi connectivity index (χ1) is 9.03. The fourth-order valence-electron chi connectivity index (χ4n) is 2.33. The minimum Gasteiger partial charge on any atom is -0.382 e. The summed E-state index contributed by atoms with van der Waals surface area (Å²) in [6.07, 6.45) is 3.45. The van der Waals surface area contributed by atoms with E-state index in [1.165, 1.54) is 6.42 Å². The Labute approximate surface area is 114 Å². The molecule has 1 atom stereocenters. The zero-order chi connectivity index (χ0) is 13.7. The molecule has 0 saturated carbocycles. The van der Waals surface area contributed by atoms with Crippen molar-refractivity contribution < 1.29 is 8.42 Å². The summed E-state index contributed by atoms with van der Waals surface area (Å²) in [4.78, 5) is 0. The maximum atomic E-state index is 11.0. The molecule has 1 aliphatic heterocycles. The summed E-state index contributed by atoms with van der Waals surface area (Å²) in [6, 6.07) is 7.93. The van der Waals surface area contributed by atoms with Crippen LogP contribution < -0.4 is 15.8 Å². The molecule has 106 valence electrons. The molecule has 0 amide bonds. The Balaban J connectivity index is 1.94. The van der Waals surface area contributed by atoms with Gasteiger partial charge in [-0.05, 0) is 50.0 Å². The molecule has 0 spiro atoms. The standard InChI is InChI=1S/C13H21N3O2S/c14-19(17,18)10-11-3-5-13(6-4-11)16-12-2-1-8-15-9-7-12/h3-6,12,15-16H,1-2,7-10H2,(H2,14,17,18). The van der Waals surface area contributed by atoms with Crippen LogP contribution in [0.3, 0.4) is 0 Å². The minimum absolute atomic E-state index is 0.110. The molecule has 1 aromatic rings. The van der Waals surface area contributed by atoms with Crippen molar-refractivity contribution in [2.24, 2.45) is 5.14 Å². The number of hydrogen-bond acceptors (Lipinski definition) is 4. The van der Waals surface area contributed by atoms with Crippen LogP contribution in [0.4, 0.5) is 5.69 Å². The van der Waals surface area contributed by atoms with Gasteiger partial charge in [0.1, 0.15) is 0 Å². The van der Waals surface area contributed by atoms with E-state index < -0.39 is 10.0 Å². The van der Waals surface area contributed by atoms with Crippen LogP contribution in [0, 0.1) is 0 Å². The lowest BCUT2D eigenvalue weighted by atomic mass is 10.1. The van der Waals surface area contributed by atoms with Crippen molar-refractivity contribution in [2.75, 3.05) is 18.4 Å². The van der Waals surface area contributed by atoms with Gasteiger partial charge in [0.05, 0.1) is 5.75 Å². The number of sulfonamides is 1. The summed E-state index contributed by atoms with van der Waals surface area (Å²) in [5.74, 6) is -0.110. The summed E-state index contributed by atoms with van der Waals surface area (Å²) in [5, 5.41) is 11.9. The first-order valence-corrected chi connectivity index (χ1v) is 8.31. The Hall–Kier alpha value is -1.11. The Morgan fingerprint density at radius 3 is 2.63 bits per heavy atom.